The van der Waals surface area contributed by atoms with E-state index in [1.54, 1.807) is 38.3 Å². The van der Waals surface area contributed by atoms with Crippen LogP contribution in [0.25, 0.3) is 0 Å². The van der Waals surface area contributed by atoms with E-state index in [4.69, 9.17) is 8.92 Å². The molecule has 0 heterocycles. The summed E-state index contributed by atoms with van der Waals surface area (Å²) in [7, 11) is -2.32. The summed E-state index contributed by atoms with van der Waals surface area (Å²) in [4.78, 5) is 0.112. The van der Waals surface area contributed by atoms with E-state index in [-0.39, 0.29) is 4.90 Å². The second kappa shape index (κ2) is 6.62. The highest BCUT2D eigenvalue weighted by Crippen LogP contribution is 2.27. The van der Waals surface area contributed by atoms with E-state index in [0.717, 1.165) is 11.1 Å². The van der Waals surface area contributed by atoms with Crippen LogP contribution in [0.5, 0.6) is 11.5 Å². The van der Waals surface area contributed by atoms with E-state index in [0.29, 0.717) is 17.4 Å². The second-order valence-electron chi connectivity index (χ2n) is 5.84. The van der Waals surface area contributed by atoms with Gasteiger partial charge in [-0.25, -0.2) is 0 Å². The Morgan fingerprint density at radius 1 is 0.957 bits per heavy atom. The van der Waals surface area contributed by atoms with E-state index < -0.39 is 10.1 Å². The minimum atomic E-state index is -3.87. The number of hydrogen-bond acceptors (Lipinski definition) is 4. The Labute approximate surface area is 138 Å². The lowest BCUT2D eigenvalue weighted by atomic mass is 9.98. The molecule has 23 heavy (non-hydrogen) atoms. The summed E-state index contributed by atoms with van der Waals surface area (Å²) in [6.45, 7) is 7.94. The molecule has 0 aromatic heterocycles. The van der Waals surface area contributed by atoms with Crippen LogP contribution in [0, 0.1) is 13.8 Å². The quantitative estimate of drug-likeness (QED) is 0.769. The van der Waals surface area contributed by atoms with Crippen molar-refractivity contribution in [3.8, 4) is 11.5 Å². The van der Waals surface area contributed by atoms with Gasteiger partial charge in [-0.2, -0.15) is 8.42 Å². The summed E-state index contributed by atoms with van der Waals surface area (Å²) < 4.78 is 35.3. The van der Waals surface area contributed by atoms with E-state index in [1.807, 2.05) is 13.0 Å². The highest BCUT2D eigenvalue weighted by Gasteiger charge is 2.18. The summed E-state index contributed by atoms with van der Waals surface area (Å²) in [6, 6.07) is 10.0. The molecule has 0 unspecified atom stereocenters. The molecular formula is C18H22O4S. The van der Waals surface area contributed by atoms with Gasteiger partial charge in [0.1, 0.15) is 16.4 Å². The number of benzene rings is 2. The standard InChI is InChI=1S/C18H22O4S/c1-12(2)17-8-6-15(10-13(17)3)22-23(19,20)16-7-9-18(21-5)14(4)11-16/h6-12H,1-5H3. The van der Waals surface area contributed by atoms with E-state index in [9.17, 15) is 8.42 Å². The zero-order valence-corrected chi connectivity index (χ0v) is 14.9. The van der Waals surface area contributed by atoms with Crippen LogP contribution in [0.3, 0.4) is 0 Å². The first kappa shape index (κ1) is 17.3. The monoisotopic (exact) mass is 334 g/mol. The van der Waals surface area contributed by atoms with E-state index >= 15 is 0 Å². The lowest BCUT2D eigenvalue weighted by molar-refractivity contribution is 0.411. The van der Waals surface area contributed by atoms with Crippen molar-refractivity contribution in [2.45, 2.75) is 38.5 Å². The van der Waals surface area contributed by atoms with Crippen molar-refractivity contribution >= 4 is 10.1 Å². The molecule has 0 amide bonds. The van der Waals surface area contributed by atoms with Crippen molar-refractivity contribution in [2.24, 2.45) is 0 Å². The van der Waals surface area contributed by atoms with Crippen molar-refractivity contribution in [3.05, 3.63) is 53.1 Å². The Morgan fingerprint density at radius 3 is 2.17 bits per heavy atom. The molecule has 2 aromatic rings. The van der Waals surface area contributed by atoms with Gasteiger partial charge in [0.2, 0.25) is 0 Å². The summed E-state index contributed by atoms with van der Waals surface area (Å²) in [6.07, 6.45) is 0. The van der Waals surface area contributed by atoms with Crippen LogP contribution in [-0.4, -0.2) is 15.5 Å². The molecular weight excluding hydrogens is 312 g/mol. The normalized spacial score (nSPS) is 11.6. The summed E-state index contributed by atoms with van der Waals surface area (Å²) in [5.41, 5.74) is 2.93. The maximum atomic E-state index is 12.4. The Bertz CT molecular complexity index is 808. The van der Waals surface area contributed by atoms with Gasteiger partial charge in [0.05, 0.1) is 7.11 Å². The third kappa shape index (κ3) is 3.85. The molecule has 0 fully saturated rings. The topological polar surface area (TPSA) is 52.6 Å². The van der Waals surface area contributed by atoms with Gasteiger partial charge < -0.3 is 8.92 Å². The highest BCUT2D eigenvalue weighted by atomic mass is 32.2. The average molecular weight is 334 g/mol. The fourth-order valence-corrected chi connectivity index (χ4v) is 3.54. The molecule has 124 valence electrons. The van der Waals surface area contributed by atoms with Crippen LogP contribution in [-0.2, 0) is 10.1 Å². The molecule has 2 rings (SSSR count). The molecule has 0 saturated carbocycles. The van der Waals surface area contributed by atoms with Gasteiger partial charge in [-0.1, -0.05) is 19.9 Å². The molecule has 0 atom stereocenters. The molecule has 0 aliphatic heterocycles. The van der Waals surface area contributed by atoms with Crippen molar-refractivity contribution in [1.82, 2.24) is 0 Å². The van der Waals surface area contributed by atoms with Gasteiger partial charge in [-0.3, -0.25) is 0 Å². The van der Waals surface area contributed by atoms with Crippen molar-refractivity contribution < 1.29 is 17.3 Å². The summed E-state index contributed by atoms with van der Waals surface area (Å²) in [5.74, 6) is 1.34. The second-order valence-corrected chi connectivity index (χ2v) is 7.39. The zero-order chi connectivity index (χ0) is 17.2. The maximum absolute atomic E-state index is 12.4. The van der Waals surface area contributed by atoms with Crippen molar-refractivity contribution in [3.63, 3.8) is 0 Å². The van der Waals surface area contributed by atoms with Crippen LogP contribution in [0.1, 0.15) is 36.5 Å². The third-order valence-electron chi connectivity index (χ3n) is 3.72. The van der Waals surface area contributed by atoms with E-state index in [2.05, 4.69) is 13.8 Å². The molecule has 4 nitrogen and oxygen atoms in total. The zero-order valence-electron chi connectivity index (χ0n) is 14.1. The SMILES string of the molecule is COc1ccc(S(=O)(=O)Oc2ccc(C(C)C)c(C)c2)cc1C. The van der Waals surface area contributed by atoms with Gasteiger partial charge in [-0.05, 0) is 66.8 Å². The van der Waals surface area contributed by atoms with E-state index in [1.165, 1.54) is 11.6 Å². The molecule has 2 aromatic carbocycles. The van der Waals surface area contributed by atoms with Crippen molar-refractivity contribution in [2.75, 3.05) is 7.11 Å². The van der Waals surface area contributed by atoms with Crippen LogP contribution in [0.15, 0.2) is 41.3 Å². The summed E-state index contributed by atoms with van der Waals surface area (Å²) in [5, 5.41) is 0. The molecule has 0 aliphatic carbocycles. The first-order valence-corrected chi connectivity index (χ1v) is 8.85. The van der Waals surface area contributed by atoms with Gasteiger partial charge in [-0.15, -0.1) is 0 Å². The molecule has 0 N–H and O–H groups in total. The van der Waals surface area contributed by atoms with Gasteiger partial charge in [0, 0.05) is 0 Å². The molecule has 5 heteroatoms. The molecule has 0 aliphatic rings. The Kier molecular flexibility index (Phi) is 5.00. The fraction of sp³-hybridized carbons (Fsp3) is 0.333. The first-order valence-electron chi connectivity index (χ1n) is 7.44. The minimum Gasteiger partial charge on any atom is -0.496 e. The smallest absolute Gasteiger partial charge is 0.339 e. The van der Waals surface area contributed by atoms with Crippen LogP contribution in [0.4, 0.5) is 0 Å². The number of aryl methyl sites for hydroxylation is 2. The Hall–Kier alpha value is -2.01. The van der Waals surface area contributed by atoms with Crippen LogP contribution < -0.4 is 8.92 Å². The van der Waals surface area contributed by atoms with Crippen molar-refractivity contribution in [1.29, 1.82) is 0 Å². The molecule has 0 saturated heterocycles. The number of rotatable bonds is 5. The molecule has 0 spiro atoms. The summed E-state index contributed by atoms with van der Waals surface area (Å²) >= 11 is 0. The van der Waals surface area contributed by atoms with Crippen LogP contribution in [0.2, 0.25) is 0 Å². The lowest BCUT2D eigenvalue weighted by Crippen LogP contribution is -2.10. The minimum absolute atomic E-state index is 0.112. The predicted octanol–water partition coefficient (Wildman–Crippen LogP) is 4.20. The molecule has 0 radical (unpaired) electrons. The Balaban J connectivity index is 2.31. The predicted molar refractivity (Wildman–Crippen MR) is 90.8 cm³/mol. The van der Waals surface area contributed by atoms with Gasteiger partial charge >= 0.3 is 10.1 Å². The molecule has 0 bridgehead atoms. The Morgan fingerprint density at radius 2 is 1.65 bits per heavy atom. The lowest BCUT2D eigenvalue weighted by Gasteiger charge is -2.13. The van der Waals surface area contributed by atoms with Gasteiger partial charge in [0.15, 0.2) is 0 Å². The number of ether oxygens (including phenoxy) is 1. The fourth-order valence-electron chi connectivity index (χ4n) is 2.53. The van der Waals surface area contributed by atoms with Gasteiger partial charge in [0.25, 0.3) is 0 Å². The number of methoxy groups -OCH3 is 1. The average Bonchev–Trinajstić information content (AvgIpc) is 2.46. The maximum Gasteiger partial charge on any atom is 0.339 e. The number of hydrogen-bond donors (Lipinski definition) is 0. The van der Waals surface area contributed by atoms with Crippen LogP contribution >= 0.6 is 0 Å². The highest BCUT2D eigenvalue weighted by molar-refractivity contribution is 7.87. The third-order valence-corrected chi connectivity index (χ3v) is 4.97. The largest absolute Gasteiger partial charge is 0.496 e. The first-order chi connectivity index (χ1) is 10.7.